The van der Waals surface area contributed by atoms with Crippen LogP contribution in [0.2, 0.25) is 0 Å². The Balaban J connectivity index is 2.55. The lowest BCUT2D eigenvalue weighted by Crippen LogP contribution is -2.41. The number of aliphatic hydroxyl groups is 2. The van der Waals surface area contributed by atoms with Crippen LogP contribution >= 0.6 is 0 Å². The predicted molar refractivity (Wildman–Crippen MR) is 44.3 cm³/mol. The molecule has 0 aromatic heterocycles. The van der Waals surface area contributed by atoms with Crippen LogP contribution in [0, 0.1) is 5.92 Å². The monoisotopic (exact) mass is 158 g/mol. The van der Waals surface area contributed by atoms with Crippen molar-refractivity contribution in [2.75, 3.05) is 0 Å². The molecule has 0 bridgehead atoms. The van der Waals surface area contributed by atoms with E-state index in [-0.39, 0.29) is 12.0 Å². The van der Waals surface area contributed by atoms with E-state index < -0.39 is 5.60 Å². The Bertz CT molecular complexity index is 134. The zero-order valence-corrected chi connectivity index (χ0v) is 7.38. The number of hydrogen-bond donors (Lipinski definition) is 2. The van der Waals surface area contributed by atoms with E-state index in [9.17, 15) is 10.2 Å². The average molecular weight is 158 g/mol. The summed E-state index contributed by atoms with van der Waals surface area (Å²) in [6.07, 6.45) is 2.94. The van der Waals surface area contributed by atoms with Gasteiger partial charge >= 0.3 is 0 Å². The quantitative estimate of drug-likeness (QED) is 0.604. The first-order valence-electron chi connectivity index (χ1n) is 4.45. The number of rotatable bonds is 1. The molecule has 0 spiro atoms. The molecular weight excluding hydrogens is 140 g/mol. The molecule has 0 radical (unpaired) electrons. The summed E-state index contributed by atoms with van der Waals surface area (Å²) < 4.78 is 0. The van der Waals surface area contributed by atoms with E-state index in [4.69, 9.17) is 0 Å². The van der Waals surface area contributed by atoms with Crippen LogP contribution in [0.1, 0.15) is 39.5 Å². The molecule has 11 heavy (non-hydrogen) atoms. The molecule has 66 valence electrons. The molecule has 1 aliphatic carbocycles. The molecule has 2 heteroatoms. The third kappa shape index (κ3) is 1.94. The summed E-state index contributed by atoms with van der Waals surface area (Å²) in [5, 5.41) is 19.3. The molecule has 0 aromatic carbocycles. The summed E-state index contributed by atoms with van der Waals surface area (Å²) in [7, 11) is 0. The van der Waals surface area contributed by atoms with E-state index in [0.29, 0.717) is 6.42 Å². The van der Waals surface area contributed by atoms with Crippen molar-refractivity contribution in [1.82, 2.24) is 0 Å². The van der Waals surface area contributed by atoms with Crippen molar-refractivity contribution in [3.63, 3.8) is 0 Å². The first-order valence-corrected chi connectivity index (χ1v) is 4.45. The van der Waals surface area contributed by atoms with Gasteiger partial charge < -0.3 is 10.2 Å². The van der Waals surface area contributed by atoms with Crippen LogP contribution < -0.4 is 0 Å². The van der Waals surface area contributed by atoms with Crippen molar-refractivity contribution in [3.8, 4) is 0 Å². The summed E-state index contributed by atoms with van der Waals surface area (Å²) in [6, 6.07) is 0. The molecule has 0 amide bonds. The Labute approximate surface area is 68.2 Å². The third-order valence-corrected chi connectivity index (χ3v) is 2.81. The topological polar surface area (TPSA) is 40.5 Å². The molecule has 2 atom stereocenters. The van der Waals surface area contributed by atoms with Gasteiger partial charge in [0.05, 0.1) is 11.7 Å². The summed E-state index contributed by atoms with van der Waals surface area (Å²) in [4.78, 5) is 0. The van der Waals surface area contributed by atoms with Crippen molar-refractivity contribution >= 4 is 0 Å². The van der Waals surface area contributed by atoms with Gasteiger partial charge in [0, 0.05) is 6.42 Å². The number of hydrogen-bond acceptors (Lipinski definition) is 2. The highest BCUT2D eigenvalue weighted by Crippen LogP contribution is 2.33. The minimum Gasteiger partial charge on any atom is -0.393 e. The lowest BCUT2D eigenvalue weighted by molar-refractivity contribution is -0.0758. The molecule has 1 saturated carbocycles. The van der Waals surface area contributed by atoms with E-state index in [1.807, 2.05) is 13.8 Å². The molecule has 0 unspecified atom stereocenters. The van der Waals surface area contributed by atoms with Crippen LogP contribution in [0.4, 0.5) is 0 Å². The number of aliphatic hydroxyl groups excluding tert-OH is 1. The van der Waals surface area contributed by atoms with Gasteiger partial charge in [0.1, 0.15) is 0 Å². The fourth-order valence-corrected chi connectivity index (χ4v) is 1.78. The van der Waals surface area contributed by atoms with Crippen LogP contribution in [0.3, 0.4) is 0 Å². The van der Waals surface area contributed by atoms with Crippen molar-refractivity contribution in [2.24, 2.45) is 5.92 Å². The second-order valence-corrected chi connectivity index (χ2v) is 4.01. The van der Waals surface area contributed by atoms with Gasteiger partial charge in [0.25, 0.3) is 0 Å². The van der Waals surface area contributed by atoms with Crippen LogP contribution in [0.25, 0.3) is 0 Å². The Kier molecular flexibility index (Phi) is 2.55. The predicted octanol–water partition coefficient (Wildman–Crippen LogP) is 1.31. The maximum Gasteiger partial charge on any atom is 0.0695 e. The highest BCUT2D eigenvalue weighted by Gasteiger charge is 2.35. The van der Waals surface area contributed by atoms with E-state index in [0.717, 1.165) is 19.3 Å². The zero-order valence-electron chi connectivity index (χ0n) is 7.38. The van der Waals surface area contributed by atoms with Crippen LogP contribution in [0.5, 0.6) is 0 Å². The van der Waals surface area contributed by atoms with Gasteiger partial charge in [-0.05, 0) is 25.2 Å². The molecule has 0 saturated heterocycles. The highest BCUT2D eigenvalue weighted by atomic mass is 16.3. The maximum absolute atomic E-state index is 9.96. The molecule has 2 N–H and O–H groups in total. The van der Waals surface area contributed by atoms with Gasteiger partial charge in [-0.25, -0.2) is 0 Å². The Morgan fingerprint density at radius 3 is 2.45 bits per heavy atom. The summed E-state index contributed by atoms with van der Waals surface area (Å²) >= 11 is 0. The molecule has 0 aromatic rings. The fraction of sp³-hybridized carbons (Fsp3) is 1.00. The lowest BCUT2D eigenvalue weighted by Gasteiger charge is -2.38. The van der Waals surface area contributed by atoms with Crippen molar-refractivity contribution in [1.29, 1.82) is 0 Å². The van der Waals surface area contributed by atoms with Gasteiger partial charge in [0.2, 0.25) is 0 Å². The largest absolute Gasteiger partial charge is 0.393 e. The molecule has 1 fully saturated rings. The van der Waals surface area contributed by atoms with Crippen LogP contribution in [0.15, 0.2) is 0 Å². The minimum atomic E-state index is -0.600. The summed E-state index contributed by atoms with van der Waals surface area (Å²) in [5.41, 5.74) is -0.600. The Hall–Kier alpha value is -0.0800. The van der Waals surface area contributed by atoms with Crippen molar-refractivity contribution < 1.29 is 10.2 Å². The third-order valence-electron chi connectivity index (χ3n) is 2.81. The smallest absolute Gasteiger partial charge is 0.0695 e. The minimum absolute atomic E-state index is 0.262. The summed E-state index contributed by atoms with van der Waals surface area (Å²) in [5.74, 6) is 0.262. The van der Waals surface area contributed by atoms with Gasteiger partial charge in [-0.1, -0.05) is 13.8 Å². The van der Waals surface area contributed by atoms with E-state index in [1.54, 1.807) is 0 Å². The standard InChI is InChI=1S/C9H18O2/c1-7(2)9(11)5-3-4-8(10)6-9/h7-8,10-11H,3-6H2,1-2H3/t8-,9-/m1/s1. The molecular formula is C9H18O2. The van der Waals surface area contributed by atoms with Gasteiger partial charge in [0.15, 0.2) is 0 Å². The Morgan fingerprint density at radius 2 is 2.09 bits per heavy atom. The van der Waals surface area contributed by atoms with Crippen molar-refractivity contribution in [2.45, 2.75) is 51.2 Å². The molecule has 2 nitrogen and oxygen atoms in total. The van der Waals surface area contributed by atoms with E-state index in [1.165, 1.54) is 0 Å². The van der Waals surface area contributed by atoms with Crippen molar-refractivity contribution in [3.05, 3.63) is 0 Å². The summed E-state index contributed by atoms with van der Waals surface area (Å²) in [6.45, 7) is 4.02. The van der Waals surface area contributed by atoms with E-state index in [2.05, 4.69) is 0 Å². The fourth-order valence-electron chi connectivity index (χ4n) is 1.78. The first kappa shape index (κ1) is 9.01. The maximum atomic E-state index is 9.96. The van der Waals surface area contributed by atoms with Crippen LogP contribution in [-0.2, 0) is 0 Å². The van der Waals surface area contributed by atoms with Gasteiger partial charge in [-0.15, -0.1) is 0 Å². The zero-order chi connectivity index (χ0) is 8.48. The molecule has 1 rings (SSSR count). The molecule has 0 heterocycles. The first-order chi connectivity index (χ1) is 5.04. The SMILES string of the molecule is CC(C)[C@@]1(O)CCC[C@@H](O)C1. The average Bonchev–Trinajstić information content (AvgIpc) is 1.86. The second kappa shape index (κ2) is 3.11. The normalized spacial score (nSPS) is 39.5. The van der Waals surface area contributed by atoms with Gasteiger partial charge in [-0.2, -0.15) is 0 Å². The Morgan fingerprint density at radius 1 is 1.45 bits per heavy atom. The van der Waals surface area contributed by atoms with Crippen LogP contribution in [-0.4, -0.2) is 21.9 Å². The van der Waals surface area contributed by atoms with Gasteiger partial charge in [-0.3, -0.25) is 0 Å². The second-order valence-electron chi connectivity index (χ2n) is 4.01. The highest BCUT2D eigenvalue weighted by molar-refractivity contribution is 4.88. The molecule has 0 aliphatic heterocycles. The van der Waals surface area contributed by atoms with E-state index >= 15 is 0 Å². The lowest BCUT2D eigenvalue weighted by atomic mass is 9.76. The molecule has 1 aliphatic rings.